The van der Waals surface area contributed by atoms with Gasteiger partial charge in [-0.15, -0.1) is 0 Å². The highest BCUT2D eigenvalue weighted by Gasteiger charge is 2.47. The highest BCUT2D eigenvalue weighted by Crippen LogP contribution is 2.41. The summed E-state index contributed by atoms with van der Waals surface area (Å²) in [7, 11) is 0. The summed E-state index contributed by atoms with van der Waals surface area (Å²) < 4.78 is 0. The lowest BCUT2D eigenvalue weighted by Crippen LogP contribution is -2.60. The topological polar surface area (TPSA) is 32.3 Å². The van der Waals surface area contributed by atoms with Crippen LogP contribution in [0.4, 0.5) is 0 Å². The van der Waals surface area contributed by atoms with Gasteiger partial charge < -0.3 is 10.4 Å². The highest BCUT2D eigenvalue weighted by molar-refractivity contribution is 6.30. The zero-order valence-electron chi connectivity index (χ0n) is 11.3. The summed E-state index contributed by atoms with van der Waals surface area (Å²) in [4.78, 5) is 0. The van der Waals surface area contributed by atoms with Crippen LogP contribution in [0.1, 0.15) is 45.2 Å². The minimum absolute atomic E-state index is 0.0279. The van der Waals surface area contributed by atoms with Crippen LogP contribution in [0.3, 0.4) is 0 Å². The first-order valence-corrected chi connectivity index (χ1v) is 7.02. The van der Waals surface area contributed by atoms with Gasteiger partial charge in [0.25, 0.3) is 0 Å². The van der Waals surface area contributed by atoms with Crippen LogP contribution in [-0.2, 0) is 0 Å². The van der Waals surface area contributed by atoms with Crippen molar-refractivity contribution in [3.05, 3.63) is 34.9 Å². The summed E-state index contributed by atoms with van der Waals surface area (Å²) in [5.41, 5.74) is 1.24. The first-order chi connectivity index (χ1) is 8.45. The lowest BCUT2D eigenvalue weighted by atomic mass is 9.64. The van der Waals surface area contributed by atoms with Crippen molar-refractivity contribution < 1.29 is 5.11 Å². The fraction of sp³-hybridized carbons (Fsp3) is 0.600. The Morgan fingerprint density at radius 3 is 2.44 bits per heavy atom. The molecule has 0 amide bonds. The minimum atomic E-state index is -0.183. The van der Waals surface area contributed by atoms with Crippen molar-refractivity contribution >= 4 is 11.6 Å². The Labute approximate surface area is 114 Å². The molecule has 1 aliphatic carbocycles. The number of halogens is 1. The van der Waals surface area contributed by atoms with Crippen LogP contribution in [-0.4, -0.2) is 17.3 Å². The molecular weight excluding hydrogens is 246 g/mol. The third-order valence-electron chi connectivity index (χ3n) is 4.30. The maximum absolute atomic E-state index is 9.78. The predicted molar refractivity (Wildman–Crippen MR) is 75.8 cm³/mol. The molecule has 2 N–H and O–H groups in total. The third kappa shape index (κ3) is 2.56. The Morgan fingerprint density at radius 1 is 1.39 bits per heavy atom. The molecule has 0 spiro atoms. The van der Waals surface area contributed by atoms with Crippen molar-refractivity contribution in [2.24, 2.45) is 5.41 Å². The number of rotatable bonds is 4. The molecule has 2 rings (SSSR count). The molecule has 0 bridgehead atoms. The fourth-order valence-electron chi connectivity index (χ4n) is 2.57. The van der Waals surface area contributed by atoms with Gasteiger partial charge in [0.05, 0.1) is 6.10 Å². The maximum atomic E-state index is 9.78. The van der Waals surface area contributed by atoms with E-state index in [1.165, 1.54) is 5.56 Å². The van der Waals surface area contributed by atoms with Gasteiger partial charge in [-0.25, -0.2) is 0 Å². The molecule has 2 nitrogen and oxygen atoms in total. The quantitative estimate of drug-likeness (QED) is 0.875. The Kier molecular flexibility index (Phi) is 4.00. The lowest BCUT2D eigenvalue weighted by Gasteiger charge is -2.51. The second kappa shape index (κ2) is 5.20. The Balaban J connectivity index is 2.04. The van der Waals surface area contributed by atoms with E-state index >= 15 is 0 Å². The number of hydrogen-bond acceptors (Lipinski definition) is 2. The highest BCUT2D eigenvalue weighted by atomic mass is 35.5. The zero-order chi connectivity index (χ0) is 13.3. The average molecular weight is 268 g/mol. The van der Waals surface area contributed by atoms with E-state index in [9.17, 15) is 5.11 Å². The van der Waals surface area contributed by atoms with Crippen molar-refractivity contribution in [1.82, 2.24) is 5.32 Å². The molecule has 0 aliphatic heterocycles. The van der Waals surface area contributed by atoms with E-state index in [4.69, 9.17) is 11.6 Å². The van der Waals surface area contributed by atoms with E-state index in [-0.39, 0.29) is 11.5 Å². The summed E-state index contributed by atoms with van der Waals surface area (Å²) in [6, 6.07) is 8.73. The Hall–Kier alpha value is -0.570. The zero-order valence-corrected chi connectivity index (χ0v) is 12.0. The summed E-state index contributed by atoms with van der Waals surface area (Å²) >= 11 is 5.91. The first-order valence-electron chi connectivity index (χ1n) is 6.64. The van der Waals surface area contributed by atoms with Crippen LogP contribution in [0.5, 0.6) is 0 Å². The molecule has 0 radical (unpaired) electrons. The number of aliphatic hydroxyl groups is 1. The van der Waals surface area contributed by atoms with Gasteiger partial charge in [-0.05, 0) is 30.5 Å². The predicted octanol–water partition coefficient (Wildman–Crippen LogP) is 3.54. The maximum Gasteiger partial charge on any atom is 0.0621 e. The van der Waals surface area contributed by atoms with Crippen molar-refractivity contribution in [1.29, 1.82) is 0 Å². The first kappa shape index (κ1) is 13.9. The largest absolute Gasteiger partial charge is 0.392 e. The molecule has 3 heteroatoms. The van der Waals surface area contributed by atoms with E-state index in [2.05, 4.69) is 38.2 Å². The summed E-state index contributed by atoms with van der Waals surface area (Å²) in [5, 5.41) is 14.2. The smallest absolute Gasteiger partial charge is 0.0621 e. The van der Waals surface area contributed by atoms with Gasteiger partial charge in [0.1, 0.15) is 0 Å². The van der Waals surface area contributed by atoms with Gasteiger partial charge >= 0.3 is 0 Å². The van der Waals surface area contributed by atoms with Crippen LogP contribution in [0.15, 0.2) is 24.3 Å². The molecule has 0 saturated heterocycles. The van der Waals surface area contributed by atoms with E-state index in [1.54, 1.807) is 0 Å². The van der Waals surface area contributed by atoms with Crippen LogP contribution in [0.25, 0.3) is 0 Å². The Morgan fingerprint density at radius 2 is 2.00 bits per heavy atom. The molecule has 100 valence electrons. The van der Waals surface area contributed by atoms with Crippen LogP contribution >= 0.6 is 11.6 Å². The van der Waals surface area contributed by atoms with Crippen molar-refractivity contribution in [3.63, 3.8) is 0 Å². The van der Waals surface area contributed by atoms with Gasteiger partial charge in [0.15, 0.2) is 0 Å². The molecule has 1 saturated carbocycles. The van der Waals surface area contributed by atoms with Crippen molar-refractivity contribution in [2.75, 3.05) is 0 Å². The van der Waals surface area contributed by atoms with Crippen molar-refractivity contribution in [3.8, 4) is 0 Å². The molecule has 1 aliphatic rings. The molecule has 1 aromatic carbocycles. The number of benzene rings is 1. The summed E-state index contributed by atoms with van der Waals surface area (Å²) in [6.45, 7) is 6.41. The average Bonchev–Trinajstić information content (AvgIpc) is 2.35. The van der Waals surface area contributed by atoms with Crippen LogP contribution in [0.2, 0.25) is 5.02 Å². The second-order valence-corrected chi connectivity index (χ2v) is 6.24. The van der Waals surface area contributed by atoms with Gasteiger partial charge in [-0.2, -0.15) is 0 Å². The molecule has 1 aromatic rings. The molecule has 18 heavy (non-hydrogen) atoms. The minimum Gasteiger partial charge on any atom is -0.392 e. The van der Waals surface area contributed by atoms with Crippen LogP contribution < -0.4 is 5.32 Å². The number of aliphatic hydroxyl groups excluding tert-OH is 1. The monoisotopic (exact) mass is 267 g/mol. The third-order valence-corrected chi connectivity index (χ3v) is 4.55. The van der Waals surface area contributed by atoms with E-state index < -0.39 is 0 Å². The SMILES string of the molecule is CCC(NC1CC(O)C1(C)C)c1ccc(Cl)cc1. The van der Waals surface area contributed by atoms with Crippen LogP contribution in [0, 0.1) is 5.41 Å². The molecule has 1 fully saturated rings. The summed E-state index contributed by atoms with van der Waals surface area (Å²) in [5.74, 6) is 0. The summed E-state index contributed by atoms with van der Waals surface area (Å²) in [6.07, 6.45) is 1.69. The second-order valence-electron chi connectivity index (χ2n) is 5.80. The van der Waals surface area contributed by atoms with E-state index in [0.717, 1.165) is 17.9 Å². The number of nitrogens with one attached hydrogen (secondary N) is 1. The molecule has 0 heterocycles. The van der Waals surface area contributed by atoms with Crippen molar-refractivity contribution in [2.45, 2.75) is 51.8 Å². The molecule has 3 unspecified atom stereocenters. The Bertz CT molecular complexity index is 401. The van der Waals surface area contributed by atoms with Gasteiger partial charge in [-0.1, -0.05) is 44.5 Å². The van der Waals surface area contributed by atoms with Gasteiger partial charge in [-0.3, -0.25) is 0 Å². The van der Waals surface area contributed by atoms with Gasteiger partial charge in [0.2, 0.25) is 0 Å². The van der Waals surface area contributed by atoms with E-state index in [0.29, 0.717) is 12.1 Å². The number of hydrogen-bond donors (Lipinski definition) is 2. The molecule has 0 aromatic heterocycles. The van der Waals surface area contributed by atoms with Gasteiger partial charge in [0, 0.05) is 22.5 Å². The molecule has 3 atom stereocenters. The standard InChI is InChI=1S/C15H22ClNO/c1-4-12(10-5-7-11(16)8-6-10)17-13-9-14(18)15(13,2)3/h5-8,12-14,17-18H,4,9H2,1-3H3. The normalized spacial score (nSPS) is 27.6. The lowest BCUT2D eigenvalue weighted by molar-refractivity contribution is -0.0762. The van der Waals surface area contributed by atoms with E-state index in [1.807, 2.05) is 12.1 Å². The fourth-order valence-corrected chi connectivity index (χ4v) is 2.70. The molecular formula is C15H22ClNO.